The molecule has 1 aliphatic heterocycles. The minimum atomic E-state index is 0.790. The number of anilines is 1. The Morgan fingerprint density at radius 3 is 2.61 bits per heavy atom. The van der Waals surface area contributed by atoms with Gasteiger partial charge in [-0.1, -0.05) is 29.8 Å². The van der Waals surface area contributed by atoms with E-state index in [0.29, 0.717) is 0 Å². The summed E-state index contributed by atoms with van der Waals surface area (Å²) in [6.45, 7) is 1.10. The number of halogens is 1. The average molecular weight is 276 g/mol. The second kappa shape index (κ2) is 5.25. The van der Waals surface area contributed by atoms with Crippen LogP contribution in [-0.4, -0.2) is 6.54 Å². The van der Waals surface area contributed by atoms with Gasteiger partial charge in [0.05, 0.1) is 5.69 Å². The Hall–Kier alpha value is -1.12. The van der Waals surface area contributed by atoms with Crippen LogP contribution in [0.25, 0.3) is 0 Å². The van der Waals surface area contributed by atoms with Gasteiger partial charge in [0.15, 0.2) is 0 Å². The van der Waals surface area contributed by atoms with Gasteiger partial charge in [-0.05, 0) is 60.7 Å². The van der Waals surface area contributed by atoms with Crippen LogP contribution in [0.1, 0.15) is 12.0 Å². The van der Waals surface area contributed by atoms with E-state index in [1.54, 1.807) is 11.9 Å². The Bertz CT molecular complexity index is 538. The molecule has 0 spiro atoms. The van der Waals surface area contributed by atoms with Crippen molar-refractivity contribution in [2.24, 2.45) is 0 Å². The molecule has 0 aliphatic carbocycles. The third kappa shape index (κ3) is 2.50. The lowest BCUT2D eigenvalue weighted by Crippen LogP contribution is -2.22. The maximum atomic E-state index is 5.91. The summed E-state index contributed by atoms with van der Waals surface area (Å²) in [5.74, 6) is 0. The summed E-state index contributed by atoms with van der Waals surface area (Å²) in [4.78, 5) is 1.23. The summed E-state index contributed by atoms with van der Waals surface area (Å²) in [7, 11) is 0. The molecule has 0 unspecified atom stereocenters. The molecule has 0 N–H and O–H groups in total. The Kier molecular flexibility index (Phi) is 3.48. The van der Waals surface area contributed by atoms with E-state index >= 15 is 0 Å². The molecule has 0 fully saturated rings. The third-order valence-electron chi connectivity index (χ3n) is 3.10. The Morgan fingerprint density at radius 1 is 1.00 bits per heavy atom. The van der Waals surface area contributed by atoms with Gasteiger partial charge in [-0.2, -0.15) is 0 Å². The lowest BCUT2D eigenvalue weighted by molar-refractivity contribution is 0.795. The van der Waals surface area contributed by atoms with Crippen molar-refractivity contribution in [3.8, 4) is 0 Å². The lowest BCUT2D eigenvalue weighted by Gasteiger charge is -2.29. The fourth-order valence-corrected chi connectivity index (χ4v) is 3.35. The van der Waals surface area contributed by atoms with Crippen molar-refractivity contribution in [3.63, 3.8) is 0 Å². The fraction of sp³-hybridized carbons (Fsp3) is 0.200. The standard InChI is InChI=1S/C15H14ClNS/c16-13-7-9-14(10-8-13)18-17-11-3-5-12-4-1-2-6-15(12)17/h1-2,4,6-10H,3,5,11H2. The van der Waals surface area contributed by atoms with Crippen LogP contribution in [0.15, 0.2) is 53.4 Å². The van der Waals surface area contributed by atoms with E-state index in [9.17, 15) is 0 Å². The largest absolute Gasteiger partial charge is 0.312 e. The maximum absolute atomic E-state index is 5.91. The van der Waals surface area contributed by atoms with E-state index in [-0.39, 0.29) is 0 Å². The first kappa shape index (κ1) is 11.9. The highest BCUT2D eigenvalue weighted by Gasteiger charge is 2.16. The second-order valence-electron chi connectivity index (χ2n) is 4.38. The topological polar surface area (TPSA) is 3.24 Å². The van der Waals surface area contributed by atoms with Crippen LogP contribution in [-0.2, 0) is 6.42 Å². The van der Waals surface area contributed by atoms with Crippen LogP contribution in [0.3, 0.4) is 0 Å². The number of benzene rings is 2. The highest BCUT2D eigenvalue weighted by atomic mass is 35.5. The van der Waals surface area contributed by atoms with Gasteiger partial charge >= 0.3 is 0 Å². The molecule has 0 saturated carbocycles. The van der Waals surface area contributed by atoms with Gasteiger partial charge in [-0.15, -0.1) is 0 Å². The number of nitrogens with zero attached hydrogens (tertiary/aromatic N) is 1. The molecule has 18 heavy (non-hydrogen) atoms. The van der Waals surface area contributed by atoms with E-state index in [1.807, 2.05) is 12.1 Å². The predicted molar refractivity (Wildman–Crippen MR) is 79.4 cm³/mol. The monoisotopic (exact) mass is 275 g/mol. The molecule has 1 aliphatic rings. The highest BCUT2D eigenvalue weighted by molar-refractivity contribution is 8.00. The Morgan fingerprint density at radius 2 is 1.78 bits per heavy atom. The summed E-state index contributed by atoms with van der Waals surface area (Å²) >= 11 is 7.70. The Balaban J connectivity index is 1.84. The van der Waals surface area contributed by atoms with Crippen molar-refractivity contribution in [2.75, 3.05) is 10.8 Å². The first-order chi connectivity index (χ1) is 8.83. The summed E-state index contributed by atoms with van der Waals surface area (Å²) in [5.41, 5.74) is 2.80. The van der Waals surface area contributed by atoms with Gasteiger partial charge in [-0.25, -0.2) is 0 Å². The molecule has 3 heteroatoms. The molecular weight excluding hydrogens is 262 g/mol. The van der Waals surface area contributed by atoms with E-state index in [0.717, 1.165) is 11.6 Å². The van der Waals surface area contributed by atoms with Crippen LogP contribution in [0.5, 0.6) is 0 Å². The third-order valence-corrected chi connectivity index (χ3v) is 4.43. The molecule has 0 radical (unpaired) electrons. The van der Waals surface area contributed by atoms with Crippen LogP contribution in [0, 0.1) is 0 Å². The zero-order valence-electron chi connectivity index (χ0n) is 9.97. The van der Waals surface area contributed by atoms with Crippen molar-refractivity contribution in [3.05, 3.63) is 59.1 Å². The predicted octanol–water partition coefficient (Wildman–Crippen LogP) is 4.80. The van der Waals surface area contributed by atoms with Gasteiger partial charge in [0.25, 0.3) is 0 Å². The van der Waals surface area contributed by atoms with E-state index in [2.05, 4.69) is 40.7 Å². The smallest absolute Gasteiger partial charge is 0.0505 e. The van der Waals surface area contributed by atoms with Crippen molar-refractivity contribution in [1.29, 1.82) is 0 Å². The number of rotatable bonds is 2. The summed E-state index contributed by atoms with van der Waals surface area (Å²) < 4.78 is 2.38. The second-order valence-corrected chi connectivity index (χ2v) is 5.91. The molecule has 0 atom stereocenters. The van der Waals surface area contributed by atoms with Gasteiger partial charge in [0.2, 0.25) is 0 Å². The number of aryl methyl sites for hydroxylation is 1. The summed E-state index contributed by atoms with van der Waals surface area (Å²) in [6.07, 6.45) is 2.41. The maximum Gasteiger partial charge on any atom is 0.0505 e. The van der Waals surface area contributed by atoms with Crippen molar-refractivity contribution in [1.82, 2.24) is 0 Å². The van der Waals surface area contributed by atoms with E-state index < -0.39 is 0 Å². The molecule has 0 aromatic heterocycles. The quantitative estimate of drug-likeness (QED) is 0.724. The zero-order valence-corrected chi connectivity index (χ0v) is 11.5. The first-order valence-electron chi connectivity index (χ1n) is 6.12. The van der Waals surface area contributed by atoms with Crippen molar-refractivity contribution in [2.45, 2.75) is 17.7 Å². The lowest BCUT2D eigenvalue weighted by atomic mass is 10.0. The van der Waals surface area contributed by atoms with E-state index in [4.69, 9.17) is 11.6 Å². The minimum Gasteiger partial charge on any atom is -0.312 e. The van der Waals surface area contributed by atoms with Gasteiger partial charge in [0, 0.05) is 16.5 Å². The molecule has 1 nitrogen and oxygen atoms in total. The molecular formula is C15H14ClNS. The molecule has 3 rings (SSSR count). The van der Waals surface area contributed by atoms with Crippen molar-refractivity contribution < 1.29 is 0 Å². The molecule has 2 aromatic carbocycles. The zero-order chi connectivity index (χ0) is 12.4. The normalized spacial score (nSPS) is 14.4. The summed E-state index contributed by atoms with van der Waals surface area (Å²) in [5, 5.41) is 0.790. The number of hydrogen-bond acceptors (Lipinski definition) is 2. The molecule has 92 valence electrons. The number of hydrogen-bond donors (Lipinski definition) is 0. The first-order valence-corrected chi connectivity index (χ1v) is 7.27. The van der Waals surface area contributed by atoms with Gasteiger partial charge in [-0.3, -0.25) is 0 Å². The molecule has 0 saturated heterocycles. The molecule has 1 heterocycles. The number of fused-ring (bicyclic) bond motifs is 1. The molecule has 2 aromatic rings. The average Bonchev–Trinajstić information content (AvgIpc) is 2.42. The summed E-state index contributed by atoms with van der Waals surface area (Å²) in [6, 6.07) is 16.7. The minimum absolute atomic E-state index is 0.790. The van der Waals surface area contributed by atoms with Gasteiger partial charge in [0.1, 0.15) is 0 Å². The van der Waals surface area contributed by atoms with E-state index in [1.165, 1.54) is 29.0 Å². The molecule has 0 amide bonds. The molecule has 0 bridgehead atoms. The van der Waals surface area contributed by atoms with Crippen molar-refractivity contribution >= 4 is 29.2 Å². The Labute approximate surface area is 117 Å². The van der Waals surface area contributed by atoms with Crippen LogP contribution in [0.2, 0.25) is 5.02 Å². The fourth-order valence-electron chi connectivity index (χ4n) is 2.22. The SMILES string of the molecule is Clc1ccc(SN2CCCc3ccccc32)cc1. The van der Waals surface area contributed by atoms with Crippen LogP contribution >= 0.6 is 23.5 Å². The van der Waals surface area contributed by atoms with Gasteiger partial charge < -0.3 is 4.31 Å². The van der Waals surface area contributed by atoms with Crippen LogP contribution < -0.4 is 4.31 Å². The highest BCUT2D eigenvalue weighted by Crippen LogP contribution is 2.35. The van der Waals surface area contributed by atoms with Crippen LogP contribution in [0.4, 0.5) is 5.69 Å². The number of para-hydroxylation sites is 1.